The molecule has 1 aliphatic heterocycles. The van der Waals surface area contributed by atoms with Crippen molar-refractivity contribution in [2.45, 2.75) is 32.7 Å². The maximum atomic E-state index is 11.9. The van der Waals surface area contributed by atoms with Crippen molar-refractivity contribution in [2.24, 2.45) is 0 Å². The highest BCUT2D eigenvalue weighted by molar-refractivity contribution is 7.87. The van der Waals surface area contributed by atoms with Crippen LogP contribution < -0.4 is 10.0 Å². The zero-order chi connectivity index (χ0) is 11.5. The Hall–Kier alpha value is -0.170. The van der Waals surface area contributed by atoms with E-state index in [1.807, 2.05) is 20.8 Å². The van der Waals surface area contributed by atoms with E-state index in [0.29, 0.717) is 19.6 Å². The molecule has 0 bridgehead atoms. The molecular formula is C9H21N3O2S. The van der Waals surface area contributed by atoms with Gasteiger partial charge in [0.2, 0.25) is 0 Å². The minimum absolute atomic E-state index is 0.332. The van der Waals surface area contributed by atoms with Gasteiger partial charge in [-0.2, -0.15) is 17.4 Å². The molecule has 1 fully saturated rings. The van der Waals surface area contributed by atoms with E-state index in [0.717, 1.165) is 13.0 Å². The third-order valence-electron chi connectivity index (χ3n) is 2.79. The Kier molecular flexibility index (Phi) is 4.11. The molecule has 0 aromatic carbocycles. The van der Waals surface area contributed by atoms with E-state index in [1.54, 1.807) is 0 Å². The van der Waals surface area contributed by atoms with E-state index < -0.39 is 10.2 Å². The average Bonchev–Trinajstić information content (AvgIpc) is 2.52. The van der Waals surface area contributed by atoms with Crippen molar-refractivity contribution < 1.29 is 8.42 Å². The number of nitrogens with zero attached hydrogens (tertiary/aromatic N) is 1. The summed E-state index contributed by atoms with van der Waals surface area (Å²) in [6.07, 6.45) is 0.841. The van der Waals surface area contributed by atoms with Crippen LogP contribution in [0.3, 0.4) is 0 Å². The quantitative estimate of drug-likeness (QED) is 0.700. The van der Waals surface area contributed by atoms with Crippen LogP contribution in [0.1, 0.15) is 27.2 Å². The molecule has 1 rings (SSSR count). The van der Waals surface area contributed by atoms with Crippen LogP contribution in [0.4, 0.5) is 0 Å². The highest BCUT2D eigenvalue weighted by Gasteiger charge is 2.34. The molecule has 1 aliphatic rings. The van der Waals surface area contributed by atoms with E-state index in [2.05, 4.69) is 10.0 Å². The first kappa shape index (κ1) is 12.9. The van der Waals surface area contributed by atoms with Crippen LogP contribution in [-0.2, 0) is 10.2 Å². The summed E-state index contributed by atoms with van der Waals surface area (Å²) in [4.78, 5) is 0. The zero-order valence-corrected chi connectivity index (χ0v) is 10.5. The molecule has 0 aromatic heterocycles. The summed E-state index contributed by atoms with van der Waals surface area (Å²) in [6.45, 7) is 8.22. The Morgan fingerprint density at radius 2 is 2.00 bits per heavy atom. The van der Waals surface area contributed by atoms with Crippen molar-refractivity contribution in [1.82, 2.24) is 14.3 Å². The molecule has 0 amide bonds. The fraction of sp³-hybridized carbons (Fsp3) is 1.00. The van der Waals surface area contributed by atoms with Crippen LogP contribution in [0, 0.1) is 0 Å². The third-order valence-corrected chi connectivity index (χ3v) is 4.74. The fourth-order valence-corrected chi connectivity index (χ4v) is 3.45. The van der Waals surface area contributed by atoms with Gasteiger partial charge >= 0.3 is 0 Å². The van der Waals surface area contributed by atoms with Gasteiger partial charge in [0.15, 0.2) is 0 Å². The van der Waals surface area contributed by atoms with Crippen LogP contribution in [0.5, 0.6) is 0 Å². The van der Waals surface area contributed by atoms with Gasteiger partial charge in [0.25, 0.3) is 10.2 Å². The lowest BCUT2D eigenvalue weighted by molar-refractivity contribution is 0.393. The molecule has 0 spiro atoms. The molecule has 0 saturated carbocycles. The Labute approximate surface area is 92.4 Å². The van der Waals surface area contributed by atoms with Gasteiger partial charge in [0, 0.05) is 25.2 Å². The molecule has 0 aromatic rings. The Morgan fingerprint density at radius 1 is 1.40 bits per heavy atom. The molecule has 6 heteroatoms. The minimum atomic E-state index is -3.32. The second kappa shape index (κ2) is 4.78. The molecule has 0 radical (unpaired) electrons. The van der Waals surface area contributed by atoms with Gasteiger partial charge in [-0.05, 0) is 19.9 Å². The molecule has 1 unspecified atom stereocenters. The summed E-state index contributed by atoms with van der Waals surface area (Å²) in [5, 5.41) is 3.16. The molecule has 90 valence electrons. The largest absolute Gasteiger partial charge is 0.315 e. The lowest BCUT2D eigenvalue weighted by Gasteiger charge is -2.28. The summed E-state index contributed by atoms with van der Waals surface area (Å²) in [7, 11) is -3.32. The highest BCUT2D eigenvalue weighted by atomic mass is 32.2. The minimum Gasteiger partial charge on any atom is -0.315 e. The van der Waals surface area contributed by atoms with Crippen molar-refractivity contribution in [3.63, 3.8) is 0 Å². The van der Waals surface area contributed by atoms with Crippen molar-refractivity contribution in [1.29, 1.82) is 0 Å². The van der Waals surface area contributed by atoms with Crippen molar-refractivity contribution in [3.05, 3.63) is 0 Å². The normalized spacial score (nSPS) is 27.5. The summed E-state index contributed by atoms with van der Waals surface area (Å²) in [5.41, 5.74) is -0.332. The Morgan fingerprint density at radius 3 is 2.40 bits per heavy atom. The van der Waals surface area contributed by atoms with Crippen LogP contribution in [0.25, 0.3) is 0 Å². The van der Waals surface area contributed by atoms with Gasteiger partial charge < -0.3 is 5.32 Å². The molecule has 0 aliphatic carbocycles. The van der Waals surface area contributed by atoms with Gasteiger partial charge in [-0.25, -0.2) is 0 Å². The van der Waals surface area contributed by atoms with E-state index >= 15 is 0 Å². The van der Waals surface area contributed by atoms with Gasteiger partial charge in [0.05, 0.1) is 0 Å². The SMILES string of the molecule is CCN(CC)S(=O)(=O)NC1(C)CCNC1. The maximum Gasteiger partial charge on any atom is 0.279 e. The lowest BCUT2D eigenvalue weighted by atomic mass is 10.0. The van der Waals surface area contributed by atoms with E-state index in [-0.39, 0.29) is 5.54 Å². The van der Waals surface area contributed by atoms with Crippen LogP contribution in [0.15, 0.2) is 0 Å². The van der Waals surface area contributed by atoms with E-state index in [4.69, 9.17) is 0 Å². The molecule has 5 nitrogen and oxygen atoms in total. The molecular weight excluding hydrogens is 214 g/mol. The summed E-state index contributed by atoms with van der Waals surface area (Å²) in [5.74, 6) is 0. The first-order chi connectivity index (χ1) is 6.93. The van der Waals surface area contributed by atoms with Crippen LogP contribution in [-0.4, -0.2) is 44.4 Å². The van der Waals surface area contributed by atoms with Gasteiger partial charge in [-0.3, -0.25) is 0 Å². The fourth-order valence-electron chi connectivity index (χ4n) is 1.84. The molecule has 1 saturated heterocycles. The predicted molar refractivity (Wildman–Crippen MR) is 60.9 cm³/mol. The molecule has 2 N–H and O–H groups in total. The van der Waals surface area contributed by atoms with Crippen molar-refractivity contribution in [2.75, 3.05) is 26.2 Å². The maximum absolute atomic E-state index is 11.9. The zero-order valence-electron chi connectivity index (χ0n) is 9.71. The van der Waals surface area contributed by atoms with Crippen molar-refractivity contribution >= 4 is 10.2 Å². The van der Waals surface area contributed by atoms with Crippen LogP contribution in [0.2, 0.25) is 0 Å². The van der Waals surface area contributed by atoms with Crippen LogP contribution >= 0.6 is 0 Å². The van der Waals surface area contributed by atoms with Gasteiger partial charge in [0.1, 0.15) is 0 Å². The standard InChI is InChI=1S/C9H21N3O2S/c1-4-12(5-2)15(13,14)11-9(3)6-7-10-8-9/h10-11H,4-8H2,1-3H3. The topological polar surface area (TPSA) is 61.4 Å². The number of hydrogen-bond acceptors (Lipinski definition) is 3. The lowest BCUT2D eigenvalue weighted by Crippen LogP contribution is -2.52. The number of nitrogens with one attached hydrogen (secondary N) is 2. The summed E-state index contributed by atoms with van der Waals surface area (Å²) in [6, 6.07) is 0. The third kappa shape index (κ3) is 3.14. The predicted octanol–water partition coefficient (Wildman–Crippen LogP) is -0.0854. The molecule has 1 atom stereocenters. The Balaban J connectivity index is 2.70. The first-order valence-electron chi connectivity index (χ1n) is 5.43. The molecule has 15 heavy (non-hydrogen) atoms. The molecule has 1 heterocycles. The smallest absolute Gasteiger partial charge is 0.279 e. The number of rotatable bonds is 5. The summed E-state index contributed by atoms with van der Waals surface area (Å²) < 4.78 is 28.1. The Bertz CT molecular complexity index is 292. The van der Waals surface area contributed by atoms with E-state index in [9.17, 15) is 8.42 Å². The summed E-state index contributed by atoms with van der Waals surface area (Å²) >= 11 is 0. The highest BCUT2D eigenvalue weighted by Crippen LogP contribution is 2.15. The van der Waals surface area contributed by atoms with Crippen molar-refractivity contribution in [3.8, 4) is 0 Å². The van der Waals surface area contributed by atoms with Gasteiger partial charge in [-0.1, -0.05) is 13.8 Å². The number of hydrogen-bond donors (Lipinski definition) is 2. The monoisotopic (exact) mass is 235 g/mol. The average molecular weight is 235 g/mol. The van der Waals surface area contributed by atoms with E-state index in [1.165, 1.54) is 4.31 Å². The first-order valence-corrected chi connectivity index (χ1v) is 6.87. The van der Waals surface area contributed by atoms with Gasteiger partial charge in [-0.15, -0.1) is 0 Å². The second-order valence-corrected chi connectivity index (χ2v) is 5.85. The second-order valence-electron chi connectivity index (χ2n) is 4.18.